The van der Waals surface area contributed by atoms with Gasteiger partial charge in [0.05, 0.1) is 0 Å². The normalized spacial score (nSPS) is 11.6. The van der Waals surface area contributed by atoms with Gasteiger partial charge in [-0.05, 0) is 44.4 Å². The third-order valence-corrected chi connectivity index (χ3v) is 2.22. The van der Waals surface area contributed by atoms with Crippen LogP contribution in [0.25, 0.3) is 0 Å². The fourth-order valence-corrected chi connectivity index (χ4v) is 1.27. The van der Waals surface area contributed by atoms with Crippen molar-refractivity contribution in [3.8, 4) is 0 Å². The van der Waals surface area contributed by atoms with Crippen molar-refractivity contribution in [2.75, 3.05) is 0 Å². The summed E-state index contributed by atoms with van der Waals surface area (Å²) >= 11 is 0. The van der Waals surface area contributed by atoms with E-state index in [1.807, 2.05) is 39.8 Å². The van der Waals surface area contributed by atoms with Crippen LogP contribution in [0.3, 0.4) is 0 Å². The predicted molar refractivity (Wildman–Crippen MR) is 57.5 cm³/mol. The lowest BCUT2D eigenvalue weighted by molar-refractivity contribution is 0.102. The van der Waals surface area contributed by atoms with Gasteiger partial charge in [-0.25, -0.2) is 0 Å². The Morgan fingerprint density at radius 3 is 2.57 bits per heavy atom. The summed E-state index contributed by atoms with van der Waals surface area (Å²) in [5.41, 5.74) is 3.32. The van der Waals surface area contributed by atoms with E-state index in [0.717, 1.165) is 16.7 Å². The summed E-state index contributed by atoms with van der Waals surface area (Å²) in [6.07, 6.45) is 3.53. The van der Waals surface area contributed by atoms with E-state index in [9.17, 15) is 4.79 Å². The van der Waals surface area contributed by atoms with Gasteiger partial charge in [0.2, 0.25) is 5.78 Å². The highest BCUT2D eigenvalue weighted by molar-refractivity contribution is 6.07. The van der Waals surface area contributed by atoms with Crippen molar-refractivity contribution < 1.29 is 4.79 Å². The van der Waals surface area contributed by atoms with Crippen molar-refractivity contribution in [3.63, 3.8) is 0 Å². The molecule has 0 fully saturated rings. The Balaban J connectivity index is 3.14. The average Bonchev–Trinajstić information content (AvgIpc) is 2.15. The van der Waals surface area contributed by atoms with Gasteiger partial charge in [0.25, 0.3) is 0 Å². The minimum Gasteiger partial charge on any atom is -0.287 e. The zero-order valence-electron chi connectivity index (χ0n) is 9.09. The standard InChI is InChI=1S/C12H15NO/c1-5-9(3)12(14)11-10(4)6-8(2)7-13-11/h5-7H,1-4H3. The van der Waals surface area contributed by atoms with E-state index in [2.05, 4.69) is 4.98 Å². The first-order valence-corrected chi connectivity index (χ1v) is 4.67. The summed E-state index contributed by atoms with van der Waals surface area (Å²) < 4.78 is 0. The molecule has 0 aliphatic heterocycles. The summed E-state index contributed by atoms with van der Waals surface area (Å²) in [6.45, 7) is 7.55. The maximum absolute atomic E-state index is 11.8. The summed E-state index contributed by atoms with van der Waals surface area (Å²) in [6, 6.07) is 1.98. The summed E-state index contributed by atoms with van der Waals surface area (Å²) in [4.78, 5) is 15.9. The smallest absolute Gasteiger partial charge is 0.206 e. The van der Waals surface area contributed by atoms with Gasteiger partial charge in [-0.15, -0.1) is 0 Å². The quantitative estimate of drug-likeness (QED) is 0.529. The maximum atomic E-state index is 11.8. The molecule has 0 aliphatic carbocycles. The lowest BCUT2D eigenvalue weighted by Gasteiger charge is -2.04. The Bertz CT molecular complexity index is 391. The van der Waals surface area contributed by atoms with Crippen molar-refractivity contribution in [2.45, 2.75) is 27.7 Å². The first kappa shape index (κ1) is 10.6. The fourth-order valence-electron chi connectivity index (χ4n) is 1.27. The summed E-state index contributed by atoms with van der Waals surface area (Å²) in [7, 11) is 0. The van der Waals surface area contributed by atoms with Gasteiger partial charge in [-0.1, -0.05) is 12.1 Å². The average molecular weight is 189 g/mol. The fraction of sp³-hybridized carbons (Fsp3) is 0.333. The number of allylic oxidation sites excluding steroid dienone is 2. The van der Waals surface area contributed by atoms with Gasteiger partial charge in [-0.2, -0.15) is 0 Å². The highest BCUT2D eigenvalue weighted by Crippen LogP contribution is 2.11. The van der Waals surface area contributed by atoms with Crippen molar-refractivity contribution in [2.24, 2.45) is 0 Å². The third kappa shape index (κ3) is 2.08. The van der Waals surface area contributed by atoms with Gasteiger partial charge >= 0.3 is 0 Å². The van der Waals surface area contributed by atoms with Crippen LogP contribution < -0.4 is 0 Å². The number of pyridine rings is 1. The molecule has 1 aromatic rings. The van der Waals surface area contributed by atoms with Crippen LogP contribution in [0.5, 0.6) is 0 Å². The van der Waals surface area contributed by atoms with Crippen LogP contribution in [0.15, 0.2) is 23.9 Å². The number of nitrogens with zero attached hydrogens (tertiary/aromatic N) is 1. The second-order valence-corrected chi connectivity index (χ2v) is 3.48. The third-order valence-electron chi connectivity index (χ3n) is 2.22. The van der Waals surface area contributed by atoms with Gasteiger partial charge in [0.15, 0.2) is 0 Å². The topological polar surface area (TPSA) is 30.0 Å². The number of hydrogen-bond acceptors (Lipinski definition) is 2. The molecule has 0 aromatic carbocycles. The molecule has 1 heterocycles. The molecule has 0 aliphatic rings. The minimum atomic E-state index is 0.0185. The predicted octanol–water partition coefficient (Wildman–Crippen LogP) is 2.85. The van der Waals surface area contributed by atoms with Crippen LogP contribution in [0.4, 0.5) is 0 Å². The lowest BCUT2D eigenvalue weighted by atomic mass is 10.0. The zero-order valence-corrected chi connectivity index (χ0v) is 9.09. The molecular weight excluding hydrogens is 174 g/mol. The van der Waals surface area contributed by atoms with Gasteiger partial charge in [-0.3, -0.25) is 9.78 Å². The van der Waals surface area contributed by atoms with Crippen LogP contribution in [-0.2, 0) is 0 Å². The number of carbonyl (C=O) groups excluding carboxylic acids is 1. The molecule has 0 bridgehead atoms. The molecule has 14 heavy (non-hydrogen) atoms. The SMILES string of the molecule is CC=C(C)C(=O)c1ncc(C)cc1C. The Kier molecular flexibility index (Phi) is 3.18. The number of aryl methyl sites for hydroxylation is 2. The van der Waals surface area contributed by atoms with Gasteiger partial charge < -0.3 is 0 Å². The molecule has 0 saturated carbocycles. The van der Waals surface area contributed by atoms with E-state index >= 15 is 0 Å². The van der Waals surface area contributed by atoms with Crippen molar-refractivity contribution in [1.29, 1.82) is 0 Å². The Hall–Kier alpha value is -1.44. The van der Waals surface area contributed by atoms with Crippen LogP contribution in [0, 0.1) is 13.8 Å². The zero-order chi connectivity index (χ0) is 10.7. The van der Waals surface area contributed by atoms with E-state index in [0.29, 0.717) is 5.69 Å². The number of carbonyl (C=O) groups is 1. The van der Waals surface area contributed by atoms with Gasteiger partial charge in [0, 0.05) is 6.20 Å². The molecule has 2 nitrogen and oxygen atoms in total. The van der Waals surface area contributed by atoms with E-state index in [4.69, 9.17) is 0 Å². The Morgan fingerprint density at radius 2 is 2.07 bits per heavy atom. The highest BCUT2D eigenvalue weighted by atomic mass is 16.1. The molecule has 0 N–H and O–H groups in total. The number of aromatic nitrogens is 1. The molecule has 1 aromatic heterocycles. The number of ketones is 1. The second-order valence-electron chi connectivity index (χ2n) is 3.48. The monoisotopic (exact) mass is 189 g/mol. The van der Waals surface area contributed by atoms with Crippen LogP contribution >= 0.6 is 0 Å². The largest absolute Gasteiger partial charge is 0.287 e. The van der Waals surface area contributed by atoms with E-state index < -0.39 is 0 Å². The first-order chi connectivity index (χ1) is 6.56. The summed E-state index contributed by atoms with van der Waals surface area (Å²) in [5, 5.41) is 0. The second kappa shape index (κ2) is 4.18. The van der Waals surface area contributed by atoms with Gasteiger partial charge in [0.1, 0.15) is 5.69 Å². The summed E-state index contributed by atoms with van der Waals surface area (Å²) in [5.74, 6) is 0.0185. The Labute approximate surface area is 84.7 Å². The van der Waals surface area contributed by atoms with Crippen molar-refractivity contribution in [3.05, 3.63) is 40.7 Å². The Morgan fingerprint density at radius 1 is 1.43 bits per heavy atom. The molecule has 0 radical (unpaired) electrons. The molecular formula is C12H15NO. The molecule has 0 amide bonds. The van der Waals surface area contributed by atoms with E-state index in [1.165, 1.54) is 0 Å². The molecule has 2 heteroatoms. The molecule has 74 valence electrons. The van der Waals surface area contributed by atoms with E-state index in [1.54, 1.807) is 6.20 Å². The number of hydrogen-bond donors (Lipinski definition) is 0. The van der Waals surface area contributed by atoms with Crippen LogP contribution in [0.2, 0.25) is 0 Å². The number of Topliss-reactive ketones (excluding diaryl/α,β-unsaturated/α-hetero) is 1. The van der Waals surface area contributed by atoms with Crippen LogP contribution in [-0.4, -0.2) is 10.8 Å². The lowest BCUT2D eigenvalue weighted by Crippen LogP contribution is -2.06. The van der Waals surface area contributed by atoms with Crippen molar-refractivity contribution in [1.82, 2.24) is 4.98 Å². The van der Waals surface area contributed by atoms with E-state index in [-0.39, 0.29) is 5.78 Å². The molecule has 0 atom stereocenters. The highest BCUT2D eigenvalue weighted by Gasteiger charge is 2.11. The maximum Gasteiger partial charge on any atom is 0.206 e. The minimum absolute atomic E-state index is 0.0185. The molecule has 0 spiro atoms. The molecule has 1 rings (SSSR count). The molecule has 0 unspecified atom stereocenters. The first-order valence-electron chi connectivity index (χ1n) is 4.67. The number of rotatable bonds is 2. The molecule has 0 saturated heterocycles. The van der Waals surface area contributed by atoms with Crippen LogP contribution in [0.1, 0.15) is 35.5 Å². The van der Waals surface area contributed by atoms with Crippen molar-refractivity contribution >= 4 is 5.78 Å².